The number of hydrogen-bond acceptors (Lipinski definition) is 8. The fourth-order valence-electron chi connectivity index (χ4n) is 3.75. The van der Waals surface area contributed by atoms with Crippen LogP contribution < -0.4 is 15.4 Å². The molecule has 2 amide bonds. The van der Waals surface area contributed by atoms with Gasteiger partial charge in [-0.2, -0.15) is 0 Å². The normalized spacial score (nSPS) is 10.6. The van der Waals surface area contributed by atoms with Gasteiger partial charge in [-0.25, -0.2) is 9.18 Å². The molecule has 0 bridgehead atoms. The summed E-state index contributed by atoms with van der Waals surface area (Å²) >= 11 is 1.16. The van der Waals surface area contributed by atoms with Crippen molar-refractivity contribution in [3.05, 3.63) is 95.6 Å². The van der Waals surface area contributed by atoms with Gasteiger partial charge in [0.05, 0.1) is 31.1 Å². The lowest BCUT2D eigenvalue weighted by molar-refractivity contribution is -0.113. The Hall–Kier alpha value is -4.71. The van der Waals surface area contributed by atoms with Gasteiger partial charge in [0.25, 0.3) is 5.91 Å². The second-order valence-electron chi connectivity index (χ2n) is 8.49. The summed E-state index contributed by atoms with van der Waals surface area (Å²) in [7, 11) is 0. The largest absolute Gasteiger partial charge is 0.494 e. The summed E-state index contributed by atoms with van der Waals surface area (Å²) in [6.07, 6.45) is 0. The molecule has 41 heavy (non-hydrogen) atoms. The number of nitrogens with one attached hydrogen (secondary N) is 2. The monoisotopic (exact) mass is 577 g/mol. The van der Waals surface area contributed by atoms with Crippen molar-refractivity contribution in [2.75, 3.05) is 24.3 Å². The summed E-state index contributed by atoms with van der Waals surface area (Å²) in [4.78, 5) is 37.1. The van der Waals surface area contributed by atoms with Crippen molar-refractivity contribution in [1.29, 1.82) is 0 Å². The molecule has 0 aliphatic carbocycles. The first-order valence-electron chi connectivity index (χ1n) is 12.8. The molecule has 2 N–H and O–H groups in total. The SMILES string of the molecule is CCOC(=O)c1ccc(NC(=O)CSc2nnc(CNC(=O)c3cccc(F)c3)n2-c2ccc(OCC)cc2)cc1. The number of rotatable bonds is 12. The summed E-state index contributed by atoms with van der Waals surface area (Å²) in [6, 6.07) is 19.0. The van der Waals surface area contributed by atoms with E-state index in [-0.39, 0.29) is 30.4 Å². The van der Waals surface area contributed by atoms with E-state index in [9.17, 15) is 18.8 Å². The van der Waals surface area contributed by atoms with E-state index in [0.29, 0.717) is 40.3 Å². The van der Waals surface area contributed by atoms with Gasteiger partial charge < -0.3 is 20.1 Å². The second-order valence-corrected chi connectivity index (χ2v) is 9.43. The van der Waals surface area contributed by atoms with E-state index in [4.69, 9.17) is 9.47 Å². The number of esters is 1. The zero-order valence-electron chi connectivity index (χ0n) is 22.4. The maximum absolute atomic E-state index is 13.6. The van der Waals surface area contributed by atoms with Crippen molar-refractivity contribution >= 4 is 35.2 Å². The van der Waals surface area contributed by atoms with Gasteiger partial charge in [-0.15, -0.1) is 10.2 Å². The number of halogens is 1. The summed E-state index contributed by atoms with van der Waals surface area (Å²) < 4.78 is 25.8. The molecule has 0 saturated carbocycles. The Morgan fingerprint density at radius 2 is 1.68 bits per heavy atom. The molecular weight excluding hydrogens is 549 g/mol. The fraction of sp³-hybridized carbons (Fsp3) is 0.207. The van der Waals surface area contributed by atoms with Crippen molar-refractivity contribution in [3.63, 3.8) is 0 Å². The van der Waals surface area contributed by atoms with Crippen molar-refractivity contribution in [2.45, 2.75) is 25.5 Å². The summed E-state index contributed by atoms with van der Waals surface area (Å²) in [5.41, 5.74) is 1.79. The van der Waals surface area contributed by atoms with Gasteiger partial charge >= 0.3 is 5.97 Å². The van der Waals surface area contributed by atoms with Crippen LogP contribution in [-0.2, 0) is 16.1 Å². The first kappa shape index (κ1) is 29.3. The van der Waals surface area contributed by atoms with Crippen LogP contribution in [0.1, 0.15) is 40.4 Å². The number of ether oxygens (including phenoxy) is 2. The molecule has 12 heteroatoms. The number of anilines is 1. The Labute approximate surface area is 240 Å². The van der Waals surface area contributed by atoms with E-state index >= 15 is 0 Å². The predicted molar refractivity (Wildman–Crippen MR) is 152 cm³/mol. The molecular formula is C29H28FN5O5S. The molecule has 10 nitrogen and oxygen atoms in total. The molecule has 0 aliphatic heterocycles. The van der Waals surface area contributed by atoms with Gasteiger partial charge in [-0.3, -0.25) is 14.2 Å². The third-order valence-corrected chi connectivity index (χ3v) is 6.54. The zero-order chi connectivity index (χ0) is 29.2. The highest BCUT2D eigenvalue weighted by Crippen LogP contribution is 2.24. The van der Waals surface area contributed by atoms with E-state index in [1.807, 2.05) is 19.1 Å². The Morgan fingerprint density at radius 3 is 2.37 bits per heavy atom. The lowest BCUT2D eigenvalue weighted by atomic mass is 10.2. The van der Waals surface area contributed by atoms with E-state index in [1.165, 1.54) is 18.2 Å². The van der Waals surface area contributed by atoms with Crippen LogP contribution in [0.25, 0.3) is 5.69 Å². The molecule has 0 aliphatic rings. The van der Waals surface area contributed by atoms with Crippen LogP contribution >= 0.6 is 11.8 Å². The molecule has 0 unspecified atom stereocenters. The molecule has 212 valence electrons. The molecule has 3 aromatic carbocycles. The van der Waals surface area contributed by atoms with Gasteiger partial charge in [-0.05, 0) is 80.6 Å². The topological polar surface area (TPSA) is 124 Å². The third-order valence-electron chi connectivity index (χ3n) is 5.61. The minimum Gasteiger partial charge on any atom is -0.494 e. The molecule has 0 radical (unpaired) electrons. The predicted octanol–water partition coefficient (Wildman–Crippen LogP) is 4.64. The van der Waals surface area contributed by atoms with Gasteiger partial charge in [0, 0.05) is 16.9 Å². The van der Waals surface area contributed by atoms with Crippen molar-refractivity contribution < 1.29 is 28.2 Å². The molecule has 1 heterocycles. The van der Waals surface area contributed by atoms with Gasteiger partial charge in [-0.1, -0.05) is 17.8 Å². The lowest BCUT2D eigenvalue weighted by Crippen LogP contribution is -2.24. The highest BCUT2D eigenvalue weighted by atomic mass is 32.2. The molecule has 4 rings (SSSR count). The number of carbonyl (C=O) groups excluding carboxylic acids is 3. The van der Waals surface area contributed by atoms with E-state index in [1.54, 1.807) is 47.9 Å². The van der Waals surface area contributed by atoms with Gasteiger partial charge in [0.15, 0.2) is 11.0 Å². The first-order valence-corrected chi connectivity index (χ1v) is 13.8. The minimum atomic E-state index is -0.512. The quantitative estimate of drug-likeness (QED) is 0.184. The summed E-state index contributed by atoms with van der Waals surface area (Å²) in [5, 5.41) is 14.4. The molecule has 0 saturated heterocycles. The minimum absolute atomic E-state index is 0.00906. The summed E-state index contributed by atoms with van der Waals surface area (Å²) in [6.45, 7) is 4.42. The van der Waals surface area contributed by atoms with E-state index in [2.05, 4.69) is 20.8 Å². The lowest BCUT2D eigenvalue weighted by Gasteiger charge is -2.12. The molecule has 1 aromatic heterocycles. The number of aromatic nitrogens is 3. The number of benzene rings is 3. The Bertz CT molecular complexity index is 1510. The molecule has 0 spiro atoms. The van der Waals surface area contributed by atoms with Crippen LogP contribution in [0.3, 0.4) is 0 Å². The Balaban J connectivity index is 1.47. The second kappa shape index (κ2) is 14.1. The molecule has 4 aromatic rings. The van der Waals surface area contributed by atoms with Gasteiger partial charge in [0.2, 0.25) is 5.91 Å². The van der Waals surface area contributed by atoms with Crippen LogP contribution in [0.2, 0.25) is 0 Å². The number of carbonyl (C=O) groups is 3. The standard InChI is InChI=1S/C29H28FN5O5S/c1-3-39-24-14-12-23(13-15-24)35-25(17-31-27(37)20-6-5-7-21(30)16-20)33-34-29(35)41-18-26(36)32-22-10-8-19(9-11-22)28(38)40-4-2/h5-16H,3-4,17-18H2,1-2H3,(H,31,37)(H,32,36). The highest BCUT2D eigenvalue weighted by molar-refractivity contribution is 7.99. The van der Waals surface area contributed by atoms with Crippen LogP contribution in [0.4, 0.5) is 10.1 Å². The number of hydrogen-bond donors (Lipinski definition) is 2. The van der Waals surface area contributed by atoms with Crippen molar-refractivity contribution in [3.8, 4) is 11.4 Å². The van der Waals surface area contributed by atoms with Crippen LogP contribution in [0.5, 0.6) is 5.75 Å². The third kappa shape index (κ3) is 7.92. The molecule has 0 atom stereocenters. The highest BCUT2D eigenvalue weighted by Gasteiger charge is 2.18. The Morgan fingerprint density at radius 1 is 0.927 bits per heavy atom. The zero-order valence-corrected chi connectivity index (χ0v) is 23.2. The Kier molecular flexibility index (Phi) is 10.1. The van der Waals surface area contributed by atoms with Gasteiger partial charge in [0.1, 0.15) is 11.6 Å². The van der Waals surface area contributed by atoms with Crippen molar-refractivity contribution in [1.82, 2.24) is 20.1 Å². The average molecular weight is 578 g/mol. The van der Waals surface area contributed by atoms with Crippen LogP contribution in [-0.4, -0.2) is 51.5 Å². The maximum atomic E-state index is 13.6. The maximum Gasteiger partial charge on any atom is 0.338 e. The van der Waals surface area contributed by atoms with E-state index < -0.39 is 17.7 Å². The van der Waals surface area contributed by atoms with E-state index in [0.717, 1.165) is 17.8 Å². The first-order chi connectivity index (χ1) is 19.9. The smallest absolute Gasteiger partial charge is 0.338 e. The number of thioether (sulfide) groups is 1. The molecule has 0 fully saturated rings. The van der Waals surface area contributed by atoms with Crippen LogP contribution in [0.15, 0.2) is 78.0 Å². The number of amides is 2. The van der Waals surface area contributed by atoms with Crippen LogP contribution in [0, 0.1) is 5.82 Å². The van der Waals surface area contributed by atoms with Crippen molar-refractivity contribution in [2.24, 2.45) is 0 Å². The summed E-state index contributed by atoms with van der Waals surface area (Å²) in [5.74, 6) is -0.581. The number of nitrogens with zero attached hydrogens (tertiary/aromatic N) is 3. The average Bonchev–Trinajstić information content (AvgIpc) is 3.38. The fourth-order valence-corrected chi connectivity index (χ4v) is 4.52.